The van der Waals surface area contributed by atoms with Gasteiger partial charge in [0.1, 0.15) is 0 Å². The highest BCUT2D eigenvalue weighted by molar-refractivity contribution is 5.85. The molecule has 7 nitrogen and oxygen atoms in total. The highest BCUT2D eigenvalue weighted by Gasteiger charge is 2.20. The number of hydrogen-bond acceptors (Lipinski definition) is 4. The first-order chi connectivity index (χ1) is 13.2. The molecule has 3 rings (SSSR count). The van der Waals surface area contributed by atoms with E-state index in [0.717, 1.165) is 52.1 Å². The second kappa shape index (κ2) is 11.9. The number of halogens is 1. The standard InChI is InChI=1S/C20H31N5O2.ClH/c26-19(22-8-3-12-24-14-10-21-11-15-24)6-9-23-20(27)25-13-7-17-4-1-2-5-18(17)16-25;/h1-2,4-5,21H,3,6-16H2,(H,22,26)(H,23,27);1H. The molecular formula is C20H32ClN5O2. The third-order valence-corrected chi connectivity index (χ3v) is 5.23. The van der Waals surface area contributed by atoms with Crippen LogP contribution in [0.15, 0.2) is 24.3 Å². The monoisotopic (exact) mass is 409 g/mol. The van der Waals surface area contributed by atoms with Crippen molar-refractivity contribution in [1.82, 2.24) is 25.8 Å². The van der Waals surface area contributed by atoms with Gasteiger partial charge in [0.05, 0.1) is 0 Å². The first kappa shape index (κ1) is 22.5. The molecule has 0 aromatic heterocycles. The second-order valence-corrected chi connectivity index (χ2v) is 7.22. The highest BCUT2D eigenvalue weighted by atomic mass is 35.5. The fourth-order valence-corrected chi connectivity index (χ4v) is 3.62. The van der Waals surface area contributed by atoms with Gasteiger partial charge < -0.3 is 25.8 Å². The van der Waals surface area contributed by atoms with E-state index in [1.807, 2.05) is 17.0 Å². The van der Waals surface area contributed by atoms with Crippen LogP contribution >= 0.6 is 12.4 Å². The summed E-state index contributed by atoms with van der Waals surface area (Å²) >= 11 is 0. The fourth-order valence-electron chi connectivity index (χ4n) is 3.62. The molecule has 0 radical (unpaired) electrons. The summed E-state index contributed by atoms with van der Waals surface area (Å²) < 4.78 is 0. The average molecular weight is 410 g/mol. The lowest BCUT2D eigenvalue weighted by Crippen LogP contribution is -2.44. The number of nitrogens with zero attached hydrogens (tertiary/aromatic N) is 2. The van der Waals surface area contributed by atoms with Gasteiger partial charge in [0.25, 0.3) is 0 Å². The Balaban J connectivity index is 0.00000280. The molecule has 0 unspecified atom stereocenters. The Morgan fingerprint density at radius 3 is 2.54 bits per heavy atom. The van der Waals surface area contributed by atoms with Crippen LogP contribution in [0.2, 0.25) is 0 Å². The average Bonchev–Trinajstić information content (AvgIpc) is 2.71. The summed E-state index contributed by atoms with van der Waals surface area (Å²) in [5, 5.41) is 9.14. The van der Waals surface area contributed by atoms with Gasteiger partial charge in [-0.05, 0) is 30.5 Å². The molecular weight excluding hydrogens is 378 g/mol. The molecule has 3 amide bonds. The SMILES string of the molecule is Cl.O=C(CCNC(=O)N1CCc2ccccc2C1)NCCCN1CCNCC1. The zero-order valence-corrected chi connectivity index (χ0v) is 17.2. The van der Waals surface area contributed by atoms with E-state index in [0.29, 0.717) is 26.1 Å². The summed E-state index contributed by atoms with van der Waals surface area (Å²) in [6, 6.07) is 8.15. The molecule has 2 aliphatic rings. The van der Waals surface area contributed by atoms with Crippen LogP contribution in [0.3, 0.4) is 0 Å². The lowest BCUT2D eigenvalue weighted by atomic mass is 10.0. The number of urea groups is 1. The summed E-state index contributed by atoms with van der Waals surface area (Å²) in [4.78, 5) is 28.4. The van der Waals surface area contributed by atoms with Crippen LogP contribution in [-0.4, -0.2) is 74.1 Å². The maximum absolute atomic E-state index is 12.3. The largest absolute Gasteiger partial charge is 0.356 e. The van der Waals surface area contributed by atoms with E-state index >= 15 is 0 Å². The van der Waals surface area contributed by atoms with Crippen LogP contribution in [0, 0.1) is 0 Å². The van der Waals surface area contributed by atoms with Gasteiger partial charge in [-0.1, -0.05) is 24.3 Å². The minimum absolute atomic E-state index is 0. The van der Waals surface area contributed by atoms with Gasteiger partial charge in [0, 0.05) is 58.8 Å². The van der Waals surface area contributed by atoms with Gasteiger partial charge in [-0.2, -0.15) is 0 Å². The molecule has 0 spiro atoms. The molecule has 2 heterocycles. The van der Waals surface area contributed by atoms with Crippen molar-refractivity contribution in [2.45, 2.75) is 25.8 Å². The number of benzene rings is 1. The molecule has 156 valence electrons. The van der Waals surface area contributed by atoms with E-state index < -0.39 is 0 Å². The van der Waals surface area contributed by atoms with Crippen LogP contribution in [0.1, 0.15) is 24.0 Å². The first-order valence-corrected chi connectivity index (χ1v) is 10.0. The molecule has 0 saturated carbocycles. The fraction of sp³-hybridized carbons (Fsp3) is 0.600. The van der Waals surface area contributed by atoms with Gasteiger partial charge in [0.15, 0.2) is 0 Å². The third-order valence-electron chi connectivity index (χ3n) is 5.23. The number of hydrogen-bond donors (Lipinski definition) is 3. The number of piperazine rings is 1. The molecule has 0 bridgehead atoms. The Labute approximate surface area is 173 Å². The van der Waals surface area contributed by atoms with E-state index in [-0.39, 0.29) is 24.3 Å². The van der Waals surface area contributed by atoms with Crippen molar-refractivity contribution in [3.8, 4) is 0 Å². The summed E-state index contributed by atoms with van der Waals surface area (Å²) in [7, 11) is 0. The molecule has 28 heavy (non-hydrogen) atoms. The molecule has 1 aromatic rings. The quantitative estimate of drug-likeness (QED) is 0.587. The maximum Gasteiger partial charge on any atom is 0.317 e. The summed E-state index contributed by atoms with van der Waals surface area (Å²) in [6.45, 7) is 7.72. The highest BCUT2D eigenvalue weighted by Crippen LogP contribution is 2.18. The maximum atomic E-state index is 12.3. The molecule has 2 aliphatic heterocycles. The predicted molar refractivity (Wildman–Crippen MR) is 113 cm³/mol. The van der Waals surface area contributed by atoms with Crippen LogP contribution in [0.4, 0.5) is 4.79 Å². The Morgan fingerprint density at radius 1 is 1.00 bits per heavy atom. The van der Waals surface area contributed by atoms with Crippen molar-refractivity contribution < 1.29 is 9.59 Å². The molecule has 1 aromatic carbocycles. The van der Waals surface area contributed by atoms with Gasteiger partial charge in [0.2, 0.25) is 5.91 Å². The van der Waals surface area contributed by atoms with E-state index in [1.54, 1.807) is 0 Å². The van der Waals surface area contributed by atoms with Gasteiger partial charge in [-0.25, -0.2) is 4.79 Å². The number of fused-ring (bicyclic) bond motifs is 1. The Kier molecular flexibility index (Phi) is 9.54. The van der Waals surface area contributed by atoms with Crippen LogP contribution < -0.4 is 16.0 Å². The molecule has 0 aliphatic carbocycles. The summed E-state index contributed by atoms with van der Waals surface area (Å²) in [5.74, 6) is -0.000370. The first-order valence-electron chi connectivity index (χ1n) is 10.0. The van der Waals surface area contributed by atoms with Gasteiger partial charge in [-0.3, -0.25) is 4.79 Å². The van der Waals surface area contributed by atoms with Crippen LogP contribution in [-0.2, 0) is 17.8 Å². The Morgan fingerprint density at radius 2 is 1.75 bits per heavy atom. The zero-order chi connectivity index (χ0) is 18.9. The number of amides is 3. The van der Waals surface area contributed by atoms with Gasteiger partial charge >= 0.3 is 6.03 Å². The lowest BCUT2D eigenvalue weighted by Gasteiger charge is -2.29. The molecule has 1 saturated heterocycles. The Bertz CT molecular complexity index is 637. The van der Waals surface area contributed by atoms with Crippen molar-refractivity contribution in [2.75, 3.05) is 52.4 Å². The molecule has 1 fully saturated rings. The number of carbonyl (C=O) groups excluding carboxylic acids is 2. The zero-order valence-electron chi connectivity index (χ0n) is 16.4. The lowest BCUT2D eigenvalue weighted by molar-refractivity contribution is -0.120. The van der Waals surface area contributed by atoms with Crippen molar-refractivity contribution in [2.24, 2.45) is 0 Å². The van der Waals surface area contributed by atoms with Crippen LogP contribution in [0.25, 0.3) is 0 Å². The number of carbonyl (C=O) groups is 2. The predicted octanol–water partition coefficient (Wildman–Crippen LogP) is 0.978. The van der Waals surface area contributed by atoms with Crippen molar-refractivity contribution in [1.29, 1.82) is 0 Å². The number of nitrogens with one attached hydrogen (secondary N) is 3. The summed E-state index contributed by atoms with van der Waals surface area (Å²) in [6.07, 6.45) is 2.17. The third kappa shape index (κ3) is 6.96. The smallest absolute Gasteiger partial charge is 0.317 e. The molecule has 0 atom stereocenters. The van der Waals surface area contributed by atoms with Crippen molar-refractivity contribution in [3.05, 3.63) is 35.4 Å². The van der Waals surface area contributed by atoms with Crippen molar-refractivity contribution >= 4 is 24.3 Å². The topological polar surface area (TPSA) is 76.7 Å². The molecule has 3 N–H and O–H groups in total. The van der Waals surface area contributed by atoms with E-state index in [2.05, 4.69) is 33.0 Å². The van der Waals surface area contributed by atoms with Gasteiger partial charge in [-0.15, -0.1) is 12.4 Å². The molecule has 8 heteroatoms. The van der Waals surface area contributed by atoms with E-state index in [9.17, 15) is 9.59 Å². The normalized spacial score (nSPS) is 16.6. The Hall–Kier alpha value is -1.83. The minimum Gasteiger partial charge on any atom is -0.356 e. The van der Waals surface area contributed by atoms with Crippen molar-refractivity contribution in [3.63, 3.8) is 0 Å². The van der Waals surface area contributed by atoms with Crippen LogP contribution in [0.5, 0.6) is 0 Å². The van der Waals surface area contributed by atoms with E-state index in [1.165, 1.54) is 11.1 Å². The minimum atomic E-state index is -0.0870. The summed E-state index contributed by atoms with van der Waals surface area (Å²) in [5.41, 5.74) is 2.53. The number of rotatable bonds is 7. The van der Waals surface area contributed by atoms with E-state index in [4.69, 9.17) is 0 Å². The second-order valence-electron chi connectivity index (χ2n) is 7.22.